The van der Waals surface area contributed by atoms with E-state index in [1.165, 1.54) is 19.6 Å². The highest BCUT2D eigenvalue weighted by atomic mass is 16.6. The van der Waals surface area contributed by atoms with Gasteiger partial charge in [0.25, 0.3) is 47.3 Å². The summed E-state index contributed by atoms with van der Waals surface area (Å²) in [6.07, 6.45) is 18.0. The average molecular weight is 1680 g/mol. The van der Waals surface area contributed by atoms with Crippen LogP contribution in [0.4, 0.5) is 0 Å². The highest BCUT2D eigenvalue weighted by Gasteiger charge is 2.47. The smallest absolute Gasteiger partial charge is 0.261 e. The zero-order chi connectivity index (χ0) is 84.7. The average Bonchev–Trinajstić information content (AvgIpc) is 0.682. The largest absolute Gasteiger partial charge is 0.491 e. The van der Waals surface area contributed by atoms with E-state index in [0.717, 1.165) is 128 Å². The first kappa shape index (κ1) is 77.4. The van der Waals surface area contributed by atoms with Crippen LogP contribution in [0.5, 0.6) is 69.0 Å². The van der Waals surface area contributed by atoms with Crippen LogP contribution in [0.1, 0.15) is 211 Å². The Morgan fingerprint density at radius 3 is 0.627 bits per heavy atom. The molecule has 4 aliphatic carbocycles. The number of carbonyl (C=O) groups is 8. The van der Waals surface area contributed by atoms with Crippen molar-refractivity contribution in [1.29, 1.82) is 0 Å². The van der Waals surface area contributed by atoms with E-state index in [0.29, 0.717) is 253 Å². The Kier molecular flexibility index (Phi) is 19.3. The molecule has 8 heterocycles. The van der Waals surface area contributed by atoms with Crippen molar-refractivity contribution >= 4 is 133 Å². The summed E-state index contributed by atoms with van der Waals surface area (Å²) in [4.78, 5) is 124. The zero-order valence-electron chi connectivity index (χ0n) is 69.4. The van der Waals surface area contributed by atoms with Crippen molar-refractivity contribution in [3.8, 4) is 69.0 Å². The Bertz CT molecular complexity index is 6150. The number of hydrogen-bond acceptors (Lipinski definition) is 18. The van der Waals surface area contributed by atoms with Crippen LogP contribution in [-0.4, -0.2) is 144 Å². The number of amides is 8. The van der Waals surface area contributed by atoms with Crippen LogP contribution in [0.25, 0.3) is 86.2 Å². The Balaban J connectivity index is 0.000000145. The fraction of sp³-hybridized carbons (Fsp3) is 0.308. The van der Waals surface area contributed by atoms with E-state index in [9.17, 15) is 38.4 Å². The number of nitrogens with zero attached hydrogens (tertiary/aromatic N) is 4. The van der Waals surface area contributed by atoms with E-state index >= 15 is 0 Å². The number of fused-ring (bicyclic) bond motifs is 12. The van der Waals surface area contributed by atoms with Gasteiger partial charge in [-0.3, -0.25) is 58.0 Å². The van der Waals surface area contributed by atoms with Gasteiger partial charge in [-0.15, -0.1) is 0 Å². The highest BCUT2D eigenvalue weighted by Crippen LogP contribution is 2.57. The van der Waals surface area contributed by atoms with Gasteiger partial charge in [-0.1, -0.05) is 126 Å². The SMILES string of the molecule is O=C1c2ccc3c4c5cc6c7c(ccc(c8c(cc(c2c38)C(=O)N1C1CCCCC1)Oc1cccc(c1)OCCOCCOc1cccc(c1)O5)c74)C(=O)N(C1CCCCC1)C6=O.O=C1c2ccc3c4c5cc6c7c(ccc(c8c(cc(c2c38)C(=O)N1C1CCCCC1)Oc1cccc(c1)OCCOCCOc1cccc(c1)O5)c74)C(=O)N(C1CCCCC1)C6=O. The quantitative estimate of drug-likeness (QED) is 0.0688. The molecule has 126 heavy (non-hydrogen) atoms. The van der Waals surface area contributed by atoms with Crippen LogP contribution in [0.2, 0.25) is 0 Å². The minimum atomic E-state index is -0.348. The van der Waals surface area contributed by atoms with Gasteiger partial charge in [0, 0.05) is 135 Å². The van der Waals surface area contributed by atoms with Crippen molar-refractivity contribution in [3.63, 3.8) is 0 Å². The maximum Gasteiger partial charge on any atom is 0.261 e. The van der Waals surface area contributed by atoms with Gasteiger partial charge >= 0.3 is 0 Å². The molecule has 22 heteroatoms. The van der Waals surface area contributed by atoms with Gasteiger partial charge in [0.1, 0.15) is 95.4 Å². The number of rotatable bonds is 4. The molecule has 26 rings (SSSR count). The Hall–Kier alpha value is -13.4. The molecule has 0 unspecified atom stereocenters. The normalized spacial score (nSPS) is 18.9. The molecule has 8 amide bonds. The summed E-state index contributed by atoms with van der Waals surface area (Å²) < 4.78 is 63.6. The van der Waals surface area contributed by atoms with E-state index in [1.54, 1.807) is 48.5 Å². The molecule has 4 saturated carbocycles. The van der Waals surface area contributed by atoms with Crippen molar-refractivity contribution < 1.29 is 85.7 Å². The van der Waals surface area contributed by atoms with E-state index < -0.39 is 0 Å². The summed E-state index contributed by atoms with van der Waals surface area (Å²) in [5.74, 6) is 3.15. The topological polar surface area (TPSA) is 242 Å². The molecule has 0 aromatic heterocycles. The van der Waals surface area contributed by atoms with E-state index in [-0.39, 0.29) is 71.4 Å². The fourth-order valence-corrected chi connectivity index (χ4v) is 22.0. The Morgan fingerprint density at radius 2 is 0.405 bits per heavy atom. The van der Waals surface area contributed by atoms with Crippen LogP contribution < -0.4 is 37.9 Å². The molecule has 8 aliphatic heterocycles. The maximum atomic E-state index is 14.9. The molecule has 20 bridgehead atoms. The van der Waals surface area contributed by atoms with Gasteiger partial charge in [0.2, 0.25) is 0 Å². The molecular weight excluding hydrogens is 1590 g/mol. The number of hydrogen-bond donors (Lipinski definition) is 0. The molecule has 14 aromatic carbocycles. The summed E-state index contributed by atoms with van der Waals surface area (Å²) in [6.45, 7) is 2.54. The lowest BCUT2D eigenvalue weighted by atomic mass is 9.80. The van der Waals surface area contributed by atoms with Gasteiger partial charge < -0.3 is 47.4 Å². The first-order chi connectivity index (χ1) is 61.8. The highest BCUT2D eigenvalue weighted by molar-refractivity contribution is 6.45. The lowest BCUT2D eigenvalue weighted by Crippen LogP contribution is -2.48. The summed E-state index contributed by atoms with van der Waals surface area (Å²) >= 11 is 0. The van der Waals surface area contributed by atoms with Gasteiger partial charge in [-0.05, 0) is 170 Å². The summed E-state index contributed by atoms with van der Waals surface area (Å²) in [7, 11) is 0. The Labute approximate surface area is 723 Å². The van der Waals surface area contributed by atoms with Gasteiger partial charge in [0.15, 0.2) is 0 Å². The summed E-state index contributed by atoms with van der Waals surface area (Å²) in [5.41, 5.74) is 3.29. The second-order valence-corrected chi connectivity index (χ2v) is 34.8. The molecular formula is C104H88N4O18. The zero-order valence-corrected chi connectivity index (χ0v) is 69.4. The van der Waals surface area contributed by atoms with Crippen molar-refractivity contribution in [3.05, 3.63) is 214 Å². The molecule has 0 radical (unpaired) electrons. The van der Waals surface area contributed by atoms with Crippen molar-refractivity contribution in [2.45, 2.75) is 153 Å². The molecule has 0 atom stereocenters. The van der Waals surface area contributed by atoms with Crippen molar-refractivity contribution in [1.82, 2.24) is 19.6 Å². The number of imide groups is 4. The monoisotopic (exact) mass is 1680 g/mol. The first-order valence-electron chi connectivity index (χ1n) is 44.7. The van der Waals surface area contributed by atoms with Gasteiger partial charge in [-0.25, -0.2) is 0 Å². The van der Waals surface area contributed by atoms with Crippen LogP contribution in [-0.2, 0) is 9.47 Å². The van der Waals surface area contributed by atoms with Crippen LogP contribution in [0.3, 0.4) is 0 Å². The van der Waals surface area contributed by atoms with E-state index in [4.69, 9.17) is 47.4 Å². The number of benzene rings is 14. The van der Waals surface area contributed by atoms with Gasteiger partial charge in [-0.2, -0.15) is 0 Å². The van der Waals surface area contributed by atoms with Crippen LogP contribution >= 0.6 is 0 Å². The molecule has 22 nitrogen and oxygen atoms in total. The molecule has 12 aliphatic rings. The van der Waals surface area contributed by atoms with Crippen LogP contribution in [0.15, 0.2) is 170 Å². The molecule has 4 fully saturated rings. The number of ether oxygens (including phenoxy) is 10. The maximum absolute atomic E-state index is 14.9. The molecule has 0 N–H and O–H groups in total. The second-order valence-electron chi connectivity index (χ2n) is 34.8. The minimum Gasteiger partial charge on any atom is -0.491 e. The van der Waals surface area contributed by atoms with Crippen molar-refractivity contribution in [2.75, 3.05) is 52.9 Å². The first-order valence-corrected chi connectivity index (χ1v) is 44.7. The standard InChI is InChI=1S/2C52H44N2O9/c2*55-49-37-19-17-35-46-42-28-40-44-38(50(56)54(52(40)58)30-11-5-2-6-12-30)20-18-36(48(44)46)45-41(27-39(43(37)47(35)45)51(57)53(49)29-9-3-1-4-10-29)62-33-15-7-13-31(25-33)60-23-21-59-22-24-61-32-14-8-16-34(26-32)63-42/h2*7-8,13-20,25-30H,1-6,9-12,21-24H2. The fourth-order valence-electron chi connectivity index (χ4n) is 22.0. The molecule has 0 saturated heterocycles. The predicted octanol–water partition coefficient (Wildman–Crippen LogP) is 21.9. The summed E-state index contributed by atoms with van der Waals surface area (Å²) in [6, 6.07) is 50.5. The predicted molar refractivity (Wildman–Crippen MR) is 474 cm³/mol. The lowest BCUT2D eigenvalue weighted by molar-refractivity contribution is 0.0487. The van der Waals surface area contributed by atoms with Gasteiger partial charge in [0.05, 0.1) is 48.7 Å². The number of carbonyl (C=O) groups excluding carboxylic acids is 8. The second kappa shape index (κ2) is 31.4. The Morgan fingerprint density at radius 1 is 0.198 bits per heavy atom. The third-order valence-corrected chi connectivity index (χ3v) is 27.5. The third kappa shape index (κ3) is 12.8. The van der Waals surface area contributed by atoms with E-state index in [2.05, 4.69) is 0 Å². The van der Waals surface area contributed by atoms with E-state index in [1.807, 2.05) is 121 Å². The minimum absolute atomic E-state index is 0.202. The van der Waals surface area contributed by atoms with Crippen molar-refractivity contribution in [2.24, 2.45) is 0 Å². The molecule has 0 spiro atoms. The molecule has 14 aromatic rings. The molecule has 632 valence electrons. The third-order valence-electron chi connectivity index (χ3n) is 27.5. The van der Waals surface area contributed by atoms with Crippen LogP contribution in [0, 0.1) is 0 Å². The lowest BCUT2D eigenvalue weighted by Gasteiger charge is -2.37. The summed E-state index contributed by atoms with van der Waals surface area (Å²) in [5, 5.41) is 10.2.